The van der Waals surface area contributed by atoms with E-state index < -0.39 is 0 Å². The van der Waals surface area contributed by atoms with Gasteiger partial charge in [0.05, 0.1) is 7.11 Å². The normalized spacial score (nSPS) is 9.83. The lowest BCUT2D eigenvalue weighted by atomic mass is 10.3. The van der Waals surface area contributed by atoms with Crippen molar-refractivity contribution in [3.63, 3.8) is 0 Å². The minimum absolute atomic E-state index is 0.697. The van der Waals surface area contributed by atoms with Gasteiger partial charge in [-0.2, -0.15) is 0 Å². The minimum Gasteiger partial charge on any atom is -0.496 e. The molecule has 0 aliphatic carbocycles. The van der Waals surface area contributed by atoms with Crippen LogP contribution in [0.1, 0.15) is 0 Å². The molecule has 2 N–H and O–H groups in total. The Balaban J connectivity index is 2.68. The number of nitrogens with two attached hydrogens (primary N) is 1. The summed E-state index contributed by atoms with van der Waals surface area (Å²) in [6.45, 7) is 0.697. The Bertz CT molecular complexity index is 240. The fraction of sp³-hybridized carbons (Fsp3) is 0.333. The van der Waals surface area contributed by atoms with Crippen LogP contribution in [-0.4, -0.2) is 19.4 Å². The van der Waals surface area contributed by atoms with E-state index in [0.717, 1.165) is 16.4 Å². The van der Waals surface area contributed by atoms with Crippen LogP contribution < -0.4 is 10.5 Å². The van der Waals surface area contributed by atoms with Crippen LogP contribution in [0.25, 0.3) is 0 Å². The Hall–Kier alpha value is -0.670. The van der Waals surface area contributed by atoms with Crippen LogP contribution in [0.4, 0.5) is 0 Å². The maximum Gasteiger partial charge on any atom is 0.132 e. The molecule has 0 aromatic heterocycles. The van der Waals surface area contributed by atoms with Gasteiger partial charge in [-0.1, -0.05) is 12.1 Å². The highest BCUT2D eigenvalue weighted by Crippen LogP contribution is 2.27. The summed E-state index contributed by atoms with van der Waals surface area (Å²) in [7, 11) is 1.68. The van der Waals surface area contributed by atoms with Crippen LogP contribution in [0.3, 0.4) is 0 Å². The van der Waals surface area contributed by atoms with Gasteiger partial charge in [0.2, 0.25) is 0 Å². The highest BCUT2D eigenvalue weighted by molar-refractivity contribution is 7.99. The summed E-state index contributed by atoms with van der Waals surface area (Å²) in [5, 5.41) is 0. The smallest absolute Gasteiger partial charge is 0.132 e. The molecule has 0 aliphatic rings. The fourth-order valence-electron chi connectivity index (χ4n) is 0.907. The van der Waals surface area contributed by atoms with Crippen molar-refractivity contribution >= 4 is 11.8 Å². The SMILES string of the molecule is COc1ccccc1SCCN. The van der Waals surface area contributed by atoms with E-state index in [0.29, 0.717) is 6.54 Å². The zero-order chi connectivity index (χ0) is 8.81. The van der Waals surface area contributed by atoms with Crippen LogP contribution >= 0.6 is 11.8 Å². The van der Waals surface area contributed by atoms with Gasteiger partial charge < -0.3 is 10.5 Å². The van der Waals surface area contributed by atoms with Gasteiger partial charge in [-0.05, 0) is 12.1 Å². The zero-order valence-corrected chi connectivity index (χ0v) is 7.93. The van der Waals surface area contributed by atoms with E-state index in [-0.39, 0.29) is 0 Å². The van der Waals surface area contributed by atoms with Crippen LogP contribution in [-0.2, 0) is 0 Å². The summed E-state index contributed by atoms with van der Waals surface area (Å²) in [5.74, 6) is 1.86. The first kappa shape index (κ1) is 9.42. The standard InChI is InChI=1S/C9H13NOS/c1-11-8-4-2-3-5-9(8)12-7-6-10/h2-5H,6-7,10H2,1H3. The molecule has 3 heteroatoms. The first-order chi connectivity index (χ1) is 5.88. The Kier molecular flexibility index (Phi) is 3.97. The molecule has 0 spiro atoms. The molecule has 0 unspecified atom stereocenters. The van der Waals surface area contributed by atoms with E-state index in [1.807, 2.05) is 24.3 Å². The van der Waals surface area contributed by atoms with Gasteiger partial charge in [0, 0.05) is 17.2 Å². The van der Waals surface area contributed by atoms with Crippen molar-refractivity contribution in [1.29, 1.82) is 0 Å². The summed E-state index contributed by atoms with van der Waals surface area (Å²) in [5.41, 5.74) is 5.41. The predicted molar refractivity (Wildman–Crippen MR) is 52.8 cm³/mol. The molecule has 2 nitrogen and oxygen atoms in total. The van der Waals surface area contributed by atoms with Crippen LogP contribution in [0.5, 0.6) is 5.75 Å². The molecule has 0 atom stereocenters. The molecule has 1 aromatic carbocycles. The average Bonchev–Trinajstić information content (AvgIpc) is 2.15. The van der Waals surface area contributed by atoms with Gasteiger partial charge in [-0.15, -0.1) is 11.8 Å². The van der Waals surface area contributed by atoms with Gasteiger partial charge in [0.1, 0.15) is 5.75 Å². The molecule has 1 rings (SSSR count). The third kappa shape index (κ3) is 2.43. The number of hydrogen-bond acceptors (Lipinski definition) is 3. The minimum atomic E-state index is 0.697. The van der Waals surface area contributed by atoms with Crippen molar-refractivity contribution < 1.29 is 4.74 Å². The number of methoxy groups -OCH3 is 1. The Morgan fingerprint density at radius 2 is 2.17 bits per heavy atom. The lowest BCUT2D eigenvalue weighted by molar-refractivity contribution is 0.405. The van der Waals surface area contributed by atoms with Gasteiger partial charge in [0.25, 0.3) is 0 Å². The highest BCUT2D eigenvalue weighted by Gasteiger charge is 1.99. The maximum absolute atomic E-state index is 5.41. The van der Waals surface area contributed by atoms with Crippen molar-refractivity contribution in [3.05, 3.63) is 24.3 Å². The molecular formula is C9H13NOS. The summed E-state index contributed by atoms with van der Waals surface area (Å²) < 4.78 is 5.18. The lowest BCUT2D eigenvalue weighted by Crippen LogP contribution is -2.01. The monoisotopic (exact) mass is 183 g/mol. The summed E-state index contributed by atoms with van der Waals surface area (Å²) >= 11 is 1.72. The molecule has 0 fully saturated rings. The molecule has 0 amide bonds. The van der Waals surface area contributed by atoms with E-state index >= 15 is 0 Å². The summed E-state index contributed by atoms with van der Waals surface area (Å²) in [6, 6.07) is 7.96. The zero-order valence-electron chi connectivity index (χ0n) is 7.12. The number of hydrogen-bond donors (Lipinski definition) is 1. The first-order valence-electron chi connectivity index (χ1n) is 3.84. The maximum atomic E-state index is 5.41. The number of thioether (sulfide) groups is 1. The number of para-hydroxylation sites is 1. The van der Waals surface area contributed by atoms with E-state index in [9.17, 15) is 0 Å². The molecule has 1 aromatic rings. The lowest BCUT2D eigenvalue weighted by Gasteiger charge is -2.05. The predicted octanol–water partition coefficient (Wildman–Crippen LogP) is 1.75. The average molecular weight is 183 g/mol. The van der Waals surface area contributed by atoms with Gasteiger partial charge in [-0.25, -0.2) is 0 Å². The van der Waals surface area contributed by atoms with Crippen molar-refractivity contribution in [2.45, 2.75) is 4.90 Å². The van der Waals surface area contributed by atoms with E-state index in [2.05, 4.69) is 0 Å². The number of benzene rings is 1. The number of rotatable bonds is 4. The van der Waals surface area contributed by atoms with Crippen molar-refractivity contribution in [2.75, 3.05) is 19.4 Å². The van der Waals surface area contributed by atoms with Crippen LogP contribution in [0, 0.1) is 0 Å². The van der Waals surface area contributed by atoms with Crippen molar-refractivity contribution in [2.24, 2.45) is 5.73 Å². The Morgan fingerprint density at radius 1 is 1.42 bits per heavy atom. The molecule has 66 valence electrons. The van der Waals surface area contributed by atoms with Gasteiger partial charge >= 0.3 is 0 Å². The molecule has 0 saturated heterocycles. The van der Waals surface area contributed by atoms with Gasteiger partial charge in [0.15, 0.2) is 0 Å². The molecule has 0 heterocycles. The summed E-state index contributed by atoms with van der Waals surface area (Å²) in [6.07, 6.45) is 0. The highest BCUT2D eigenvalue weighted by atomic mass is 32.2. The van der Waals surface area contributed by atoms with E-state index in [1.54, 1.807) is 18.9 Å². The van der Waals surface area contributed by atoms with Crippen molar-refractivity contribution in [3.8, 4) is 5.75 Å². The molecule has 0 saturated carbocycles. The third-order valence-corrected chi connectivity index (χ3v) is 2.53. The second-order valence-corrected chi connectivity index (χ2v) is 3.42. The van der Waals surface area contributed by atoms with E-state index in [4.69, 9.17) is 10.5 Å². The molecule has 0 bridgehead atoms. The van der Waals surface area contributed by atoms with Gasteiger partial charge in [-0.3, -0.25) is 0 Å². The second kappa shape index (κ2) is 5.06. The quantitative estimate of drug-likeness (QED) is 0.722. The molecule has 0 radical (unpaired) electrons. The Labute approximate surface area is 77.1 Å². The third-order valence-electron chi connectivity index (χ3n) is 1.44. The fourth-order valence-corrected chi connectivity index (χ4v) is 1.71. The van der Waals surface area contributed by atoms with Crippen LogP contribution in [0.15, 0.2) is 29.2 Å². The van der Waals surface area contributed by atoms with E-state index in [1.165, 1.54) is 0 Å². The molecule has 0 aliphatic heterocycles. The molecule has 12 heavy (non-hydrogen) atoms. The number of ether oxygens (including phenoxy) is 1. The summed E-state index contributed by atoms with van der Waals surface area (Å²) in [4.78, 5) is 1.16. The topological polar surface area (TPSA) is 35.2 Å². The largest absolute Gasteiger partial charge is 0.496 e. The first-order valence-corrected chi connectivity index (χ1v) is 4.83. The van der Waals surface area contributed by atoms with Crippen molar-refractivity contribution in [1.82, 2.24) is 0 Å². The second-order valence-electron chi connectivity index (χ2n) is 2.29. The van der Waals surface area contributed by atoms with Crippen LogP contribution in [0.2, 0.25) is 0 Å². The Morgan fingerprint density at radius 3 is 2.83 bits per heavy atom. The molecular weight excluding hydrogens is 170 g/mol.